The second-order valence-corrected chi connectivity index (χ2v) is 6.73. The Morgan fingerprint density at radius 3 is 2.63 bits per heavy atom. The molecule has 2 N–H and O–H groups in total. The van der Waals surface area contributed by atoms with Crippen molar-refractivity contribution in [2.45, 2.75) is 63.7 Å². The van der Waals surface area contributed by atoms with Crippen LogP contribution in [0.1, 0.15) is 46.5 Å². The maximum Gasteiger partial charge on any atom is 0.0773 e. The smallest absolute Gasteiger partial charge is 0.0773 e. The summed E-state index contributed by atoms with van der Waals surface area (Å²) in [6.45, 7) is 9.19. The lowest BCUT2D eigenvalue weighted by atomic mass is 9.73. The zero-order chi connectivity index (χ0) is 13.9. The first-order chi connectivity index (χ1) is 8.94. The fourth-order valence-corrected chi connectivity index (χ4v) is 3.21. The molecule has 0 bridgehead atoms. The predicted molar refractivity (Wildman–Crippen MR) is 75.2 cm³/mol. The Bertz CT molecular complexity index is 280. The molecule has 0 aliphatic carbocycles. The predicted octanol–water partition coefficient (Wildman–Crippen LogP) is 1.71. The van der Waals surface area contributed by atoms with Crippen molar-refractivity contribution in [3.8, 4) is 0 Å². The molecule has 1 spiro atoms. The van der Waals surface area contributed by atoms with E-state index in [-0.39, 0.29) is 5.60 Å². The summed E-state index contributed by atoms with van der Waals surface area (Å²) in [7, 11) is 0. The van der Waals surface area contributed by atoms with Gasteiger partial charge in [-0.15, -0.1) is 0 Å². The first-order valence-electron chi connectivity index (χ1n) is 7.61. The van der Waals surface area contributed by atoms with Crippen LogP contribution in [0.2, 0.25) is 0 Å². The van der Waals surface area contributed by atoms with Crippen LogP contribution < -0.4 is 5.32 Å². The van der Waals surface area contributed by atoms with Crippen molar-refractivity contribution in [2.24, 2.45) is 5.92 Å². The van der Waals surface area contributed by atoms with Crippen LogP contribution in [0.25, 0.3) is 0 Å². The third kappa shape index (κ3) is 3.91. The second kappa shape index (κ2) is 6.08. The van der Waals surface area contributed by atoms with E-state index in [1.807, 2.05) is 6.92 Å². The summed E-state index contributed by atoms with van der Waals surface area (Å²) in [4.78, 5) is 0. The van der Waals surface area contributed by atoms with Crippen LogP contribution >= 0.6 is 0 Å². The van der Waals surface area contributed by atoms with E-state index >= 15 is 0 Å². The van der Waals surface area contributed by atoms with Crippen molar-refractivity contribution >= 4 is 0 Å². The number of rotatable bonds is 4. The van der Waals surface area contributed by atoms with E-state index in [1.54, 1.807) is 0 Å². The van der Waals surface area contributed by atoms with E-state index in [1.165, 1.54) is 0 Å². The molecule has 0 aromatic carbocycles. The van der Waals surface area contributed by atoms with Gasteiger partial charge >= 0.3 is 0 Å². The van der Waals surface area contributed by atoms with Gasteiger partial charge in [-0.2, -0.15) is 0 Å². The van der Waals surface area contributed by atoms with E-state index in [0.717, 1.165) is 45.5 Å². The Kier molecular flexibility index (Phi) is 4.88. The first kappa shape index (κ1) is 15.2. The van der Waals surface area contributed by atoms with Crippen LogP contribution in [0.3, 0.4) is 0 Å². The molecule has 2 heterocycles. The molecule has 2 atom stereocenters. The van der Waals surface area contributed by atoms with Gasteiger partial charge in [-0.3, -0.25) is 0 Å². The van der Waals surface area contributed by atoms with E-state index < -0.39 is 5.60 Å². The van der Waals surface area contributed by atoms with Gasteiger partial charge in [-0.05, 0) is 38.5 Å². The maximum absolute atomic E-state index is 10.8. The van der Waals surface area contributed by atoms with Gasteiger partial charge in [0.25, 0.3) is 0 Å². The van der Waals surface area contributed by atoms with Crippen molar-refractivity contribution in [3.63, 3.8) is 0 Å². The van der Waals surface area contributed by atoms with Crippen molar-refractivity contribution in [1.82, 2.24) is 5.32 Å². The zero-order valence-corrected chi connectivity index (χ0v) is 12.6. The van der Waals surface area contributed by atoms with E-state index in [4.69, 9.17) is 9.47 Å². The summed E-state index contributed by atoms with van der Waals surface area (Å²) in [6.07, 6.45) is 3.85. The molecule has 0 aromatic rings. The lowest BCUT2D eigenvalue weighted by Crippen LogP contribution is -2.53. The molecule has 4 nitrogen and oxygen atoms in total. The second-order valence-electron chi connectivity index (χ2n) is 6.73. The van der Waals surface area contributed by atoms with Gasteiger partial charge in [0.05, 0.1) is 11.2 Å². The summed E-state index contributed by atoms with van der Waals surface area (Å²) in [5.74, 6) is 0.311. The van der Waals surface area contributed by atoms with E-state index in [9.17, 15) is 5.11 Å². The highest BCUT2D eigenvalue weighted by Crippen LogP contribution is 2.40. The van der Waals surface area contributed by atoms with Crippen molar-refractivity contribution < 1.29 is 14.6 Å². The zero-order valence-electron chi connectivity index (χ0n) is 12.6. The molecule has 0 amide bonds. The number of hydrogen-bond acceptors (Lipinski definition) is 4. The minimum atomic E-state index is -0.653. The molecule has 4 heteroatoms. The highest BCUT2D eigenvalue weighted by molar-refractivity contribution is 4.95. The van der Waals surface area contributed by atoms with Crippen molar-refractivity contribution in [3.05, 3.63) is 0 Å². The van der Waals surface area contributed by atoms with Crippen molar-refractivity contribution in [2.75, 3.05) is 26.4 Å². The minimum absolute atomic E-state index is 0.0387. The molecule has 2 saturated heterocycles. The Balaban J connectivity index is 1.95. The summed E-state index contributed by atoms with van der Waals surface area (Å²) in [5.41, 5.74) is -0.692. The van der Waals surface area contributed by atoms with Crippen LogP contribution in [-0.4, -0.2) is 48.7 Å². The molecule has 0 aromatic heterocycles. The molecular weight excluding hydrogens is 242 g/mol. The van der Waals surface area contributed by atoms with Gasteiger partial charge in [-0.25, -0.2) is 0 Å². The third-order valence-electron chi connectivity index (χ3n) is 4.64. The molecule has 2 fully saturated rings. The van der Waals surface area contributed by atoms with E-state index in [0.29, 0.717) is 18.5 Å². The largest absolute Gasteiger partial charge is 0.389 e. The standard InChI is InChI=1S/C15H29NO3/c1-12(2)16-11-14(3,17)13-4-7-19-15(10-13)5-8-18-9-6-15/h12-13,16-17H,4-11H2,1-3H3. The SMILES string of the molecule is CC(C)NCC(C)(O)C1CCOC2(CCOCC2)C1. The highest BCUT2D eigenvalue weighted by Gasteiger charge is 2.44. The van der Waals surface area contributed by atoms with Crippen LogP contribution in [-0.2, 0) is 9.47 Å². The van der Waals surface area contributed by atoms with Gasteiger partial charge in [0.2, 0.25) is 0 Å². The average Bonchev–Trinajstić information content (AvgIpc) is 2.37. The van der Waals surface area contributed by atoms with Gasteiger partial charge in [-0.1, -0.05) is 13.8 Å². The van der Waals surface area contributed by atoms with Crippen LogP contribution in [0.15, 0.2) is 0 Å². The van der Waals surface area contributed by atoms with Gasteiger partial charge < -0.3 is 19.9 Å². The molecule has 19 heavy (non-hydrogen) atoms. The van der Waals surface area contributed by atoms with Crippen LogP contribution in [0, 0.1) is 5.92 Å². The summed E-state index contributed by atoms with van der Waals surface area (Å²) in [6, 6.07) is 0.406. The summed E-state index contributed by atoms with van der Waals surface area (Å²) in [5, 5.41) is 14.1. The number of ether oxygens (including phenoxy) is 2. The number of nitrogens with one attached hydrogen (secondary N) is 1. The topological polar surface area (TPSA) is 50.7 Å². The fraction of sp³-hybridized carbons (Fsp3) is 1.00. The van der Waals surface area contributed by atoms with Gasteiger partial charge in [0, 0.05) is 32.4 Å². The lowest BCUT2D eigenvalue weighted by molar-refractivity contribution is -0.171. The van der Waals surface area contributed by atoms with Crippen LogP contribution in [0.4, 0.5) is 0 Å². The Morgan fingerprint density at radius 1 is 1.32 bits per heavy atom. The van der Waals surface area contributed by atoms with Crippen LogP contribution in [0.5, 0.6) is 0 Å². The fourth-order valence-electron chi connectivity index (χ4n) is 3.21. The molecule has 0 radical (unpaired) electrons. The third-order valence-corrected chi connectivity index (χ3v) is 4.64. The average molecular weight is 271 g/mol. The van der Waals surface area contributed by atoms with E-state index in [2.05, 4.69) is 19.2 Å². The summed E-state index contributed by atoms with van der Waals surface area (Å²) >= 11 is 0. The van der Waals surface area contributed by atoms with Crippen molar-refractivity contribution in [1.29, 1.82) is 0 Å². The number of hydrogen-bond donors (Lipinski definition) is 2. The normalized spacial score (nSPS) is 30.5. The highest BCUT2D eigenvalue weighted by atomic mass is 16.5. The molecule has 2 aliphatic rings. The Morgan fingerprint density at radius 2 is 2.00 bits per heavy atom. The minimum Gasteiger partial charge on any atom is -0.389 e. The molecule has 2 aliphatic heterocycles. The Hall–Kier alpha value is -0.160. The molecule has 0 saturated carbocycles. The first-order valence-corrected chi connectivity index (χ1v) is 7.61. The van der Waals surface area contributed by atoms with Gasteiger partial charge in [0.1, 0.15) is 0 Å². The molecule has 2 unspecified atom stereocenters. The summed E-state index contributed by atoms with van der Waals surface area (Å²) < 4.78 is 11.5. The maximum atomic E-state index is 10.8. The number of aliphatic hydroxyl groups is 1. The quantitative estimate of drug-likeness (QED) is 0.817. The molecule has 2 rings (SSSR count). The Labute approximate surface area is 116 Å². The lowest BCUT2D eigenvalue weighted by Gasteiger charge is -2.47. The monoisotopic (exact) mass is 271 g/mol. The molecular formula is C15H29NO3. The van der Waals surface area contributed by atoms with Gasteiger partial charge in [0.15, 0.2) is 0 Å². The molecule has 112 valence electrons.